The van der Waals surface area contributed by atoms with Gasteiger partial charge in [0.05, 0.1) is 18.2 Å². The number of nitrogens with one attached hydrogen (secondary N) is 1. The van der Waals surface area contributed by atoms with Gasteiger partial charge in [-0.3, -0.25) is 4.99 Å². The van der Waals surface area contributed by atoms with Crippen molar-refractivity contribution in [3.8, 4) is 0 Å². The van der Waals surface area contributed by atoms with Crippen LogP contribution >= 0.6 is 0 Å². The van der Waals surface area contributed by atoms with E-state index in [2.05, 4.69) is 17.2 Å². The summed E-state index contributed by atoms with van der Waals surface area (Å²) in [6, 6.07) is 0.763. The van der Waals surface area contributed by atoms with E-state index in [9.17, 15) is 0 Å². The van der Waals surface area contributed by atoms with Crippen LogP contribution in [0.15, 0.2) is 4.99 Å². The van der Waals surface area contributed by atoms with E-state index in [1.165, 1.54) is 12.8 Å². The normalized spacial score (nSPS) is 30.4. The largest absolute Gasteiger partial charge is 0.376 e. The van der Waals surface area contributed by atoms with Gasteiger partial charge in [0.1, 0.15) is 0 Å². The van der Waals surface area contributed by atoms with Crippen LogP contribution in [0.4, 0.5) is 0 Å². The Labute approximate surface area is 84.9 Å². The quantitative estimate of drug-likeness (QED) is 0.515. The highest BCUT2D eigenvalue weighted by molar-refractivity contribution is 5.78. The molecule has 4 nitrogen and oxygen atoms in total. The second kappa shape index (κ2) is 4.17. The summed E-state index contributed by atoms with van der Waals surface area (Å²) in [6.07, 6.45) is 4.98. The molecule has 4 heteroatoms. The fraction of sp³-hybridized carbons (Fsp3) is 0.900. The molecule has 1 aliphatic heterocycles. The Morgan fingerprint density at radius 1 is 1.50 bits per heavy atom. The molecule has 80 valence electrons. The summed E-state index contributed by atoms with van der Waals surface area (Å²) in [5, 5.41) is 3.20. The molecule has 0 bridgehead atoms. The number of guanidine groups is 1. The minimum atomic E-state index is 0.278. The number of rotatable bonds is 3. The summed E-state index contributed by atoms with van der Waals surface area (Å²) < 4.78 is 5.56. The second-order valence-corrected chi connectivity index (χ2v) is 4.23. The lowest BCUT2D eigenvalue weighted by Crippen LogP contribution is -2.44. The van der Waals surface area contributed by atoms with Crippen LogP contribution in [-0.2, 0) is 4.74 Å². The van der Waals surface area contributed by atoms with Gasteiger partial charge in [-0.25, -0.2) is 0 Å². The van der Waals surface area contributed by atoms with Gasteiger partial charge in [0, 0.05) is 6.61 Å². The summed E-state index contributed by atoms with van der Waals surface area (Å²) >= 11 is 0. The molecule has 1 aliphatic carbocycles. The molecule has 0 aromatic heterocycles. The fourth-order valence-corrected chi connectivity index (χ4v) is 1.76. The maximum Gasteiger partial charge on any atom is 0.189 e. The van der Waals surface area contributed by atoms with E-state index in [0.717, 1.165) is 19.4 Å². The molecule has 2 rings (SSSR count). The van der Waals surface area contributed by atoms with E-state index < -0.39 is 0 Å². The third-order valence-electron chi connectivity index (χ3n) is 2.77. The van der Waals surface area contributed by atoms with E-state index >= 15 is 0 Å². The Morgan fingerprint density at radius 2 is 2.29 bits per heavy atom. The van der Waals surface area contributed by atoms with Crippen LogP contribution in [-0.4, -0.2) is 30.8 Å². The topological polar surface area (TPSA) is 59.6 Å². The van der Waals surface area contributed by atoms with Crippen molar-refractivity contribution in [1.29, 1.82) is 0 Å². The van der Waals surface area contributed by atoms with Crippen molar-refractivity contribution in [2.24, 2.45) is 10.7 Å². The van der Waals surface area contributed by atoms with E-state index in [0.29, 0.717) is 18.1 Å². The average Bonchev–Trinajstić information content (AvgIpc) is 2.80. The van der Waals surface area contributed by atoms with Gasteiger partial charge in [-0.15, -0.1) is 0 Å². The highest BCUT2D eigenvalue weighted by atomic mass is 16.5. The molecule has 2 unspecified atom stereocenters. The van der Waals surface area contributed by atoms with Crippen molar-refractivity contribution in [3.63, 3.8) is 0 Å². The van der Waals surface area contributed by atoms with Gasteiger partial charge in [-0.2, -0.15) is 0 Å². The first-order valence-corrected chi connectivity index (χ1v) is 5.47. The molecule has 0 spiro atoms. The average molecular weight is 197 g/mol. The van der Waals surface area contributed by atoms with Crippen molar-refractivity contribution < 1.29 is 4.74 Å². The zero-order valence-electron chi connectivity index (χ0n) is 8.70. The predicted octanol–water partition coefficient (Wildman–Crippen LogP) is 0.621. The van der Waals surface area contributed by atoms with E-state index in [-0.39, 0.29) is 6.04 Å². The molecule has 1 saturated heterocycles. The number of hydrogen-bond donors (Lipinski definition) is 2. The lowest BCUT2D eigenvalue weighted by atomic mass is 10.1. The summed E-state index contributed by atoms with van der Waals surface area (Å²) in [6.45, 7) is 2.99. The minimum Gasteiger partial charge on any atom is -0.376 e. The van der Waals surface area contributed by atoms with Gasteiger partial charge in [0.25, 0.3) is 0 Å². The number of hydrogen-bond acceptors (Lipinski definition) is 2. The van der Waals surface area contributed by atoms with Crippen molar-refractivity contribution in [3.05, 3.63) is 0 Å². The molecule has 1 heterocycles. The smallest absolute Gasteiger partial charge is 0.189 e. The van der Waals surface area contributed by atoms with E-state index in [1.807, 2.05) is 0 Å². The Kier molecular flexibility index (Phi) is 2.91. The summed E-state index contributed by atoms with van der Waals surface area (Å²) in [4.78, 5) is 4.33. The molecule has 2 aliphatic rings. The molecule has 2 atom stereocenters. The van der Waals surface area contributed by atoms with Crippen LogP contribution in [0.25, 0.3) is 0 Å². The number of aliphatic imine (C=N–C) groups is 1. The van der Waals surface area contributed by atoms with Gasteiger partial charge in [-0.05, 0) is 32.6 Å². The Morgan fingerprint density at radius 3 is 2.86 bits per heavy atom. The molecule has 1 saturated carbocycles. The predicted molar refractivity (Wildman–Crippen MR) is 56.2 cm³/mol. The van der Waals surface area contributed by atoms with Crippen molar-refractivity contribution >= 4 is 5.96 Å². The summed E-state index contributed by atoms with van der Waals surface area (Å²) in [5.41, 5.74) is 5.77. The van der Waals surface area contributed by atoms with Crippen molar-refractivity contribution in [2.75, 3.05) is 6.61 Å². The zero-order chi connectivity index (χ0) is 9.97. The molecule has 0 aromatic carbocycles. The van der Waals surface area contributed by atoms with Crippen LogP contribution in [0.1, 0.15) is 32.6 Å². The van der Waals surface area contributed by atoms with Crippen molar-refractivity contribution in [2.45, 2.75) is 50.8 Å². The summed E-state index contributed by atoms with van der Waals surface area (Å²) in [7, 11) is 0. The standard InChI is InChI=1S/C10H19N3O/c1-7(9-3-2-6-14-9)12-10(11)13-8-4-5-8/h7-9H,2-6H2,1H3,(H3,11,12,13). The molecule has 0 amide bonds. The third-order valence-corrected chi connectivity index (χ3v) is 2.77. The van der Waals surface area contributed by atoms with Gasteiger partial charge in [0.15, 0.2) is 5.96 Å². The lowest BCUT2D eigenvalue weighted by molar-refractivity contribution is 0.0892. The Hall–Kier alpha value is -0.770. The maximum atomic E-state index is 5.77. The highest BCUT2D eigenvalue weighted by Gasteiger charge is 2.24. The highest BCUT2D eigenvalue weighted by Crippen LogP contribution is 2.23. The minimum absolute atomic E-state index is 0.278. The van der Waals surface area contributed by atoms with Crippen LogP contribution < -0.4 is 11.1 Å². The summed E-state index contributed by atoms with van der Waals surface area (Å²) in [5.74, 6) is 0.579. The monoisotopic (exact) mass is 197 g/mol. The molecule has 3 N–H and O–H groups in total. The lowest BCUT2D eigenvalue weighted by Gasteiger charge is -2.20. The van der Waals surface area contributed by atoms with Gasteiger partial charge in [-0.1, -0.05) is 0 Å². The SMILES string of the molecule is CC(NC(N)=NC1CC1)C1CCCO1. The van der Waals surface area contributed by atoms with Crippen LogP contribution in [0.5, 0.6) is 0 Å². The Bertz CT molecular complexity index is 219. The first kappa shape index (κ1) is 9.77. The van der Waals surface area contributed by atoms with E-state index in [4.69, 9.17) is 10.5 Å². The fourth-order valence-electron chi connectivity index (χ4n) is 1.76. The maximum absolute atomic E-state index is 5.77. The molecular weight excluding hydrogens is 178 g/mol. The van der Waals surface area contributed by atoms with Crippen LogP contribution in [0.2, 0.25) is 0 Å². The van der Waals surface area contributed by atoms with Crippen LogP contribution in [0, 0.1) is 0 Å². The van der Waals surface area contributed by atoms with Crippen molar-refractivity contribution in [1.82, 2.24) is 5.32 Å². The Balaban J connectivity index is 1.77. The van der Waals surface area contributed by atoms with Gasteiger partial charge in [0.2, 0.25) is 0 Å². The first-order valence-electron chi connectivity index (χ1n) is 5.47. The number of ether oxygens (including phenoxy) is 1. The molecule has 0 aromatic rings. The zero-order valence-corrected chi connectivity index (χ0v) is 8.70. The number of nitrogens with zero attached hydrogens (tertiary/aromatic N) is 1. The first-order chi connectivity index (χ1) is 6.75. The second-order valence-electron chi connectivity index (χ2n) is 4.23. The van der Waals surface area contributed by atoms with Crippen LogP contribution in [0.3, 0.4) is 0 Å². The number of nitrogens with two attached hydrogens (primary N) is 1. The van der Waals surface area contributed by atoms with E-state index in [1.54, 1.807) is 0 Å². The van der Waals surface area contributed by atoms with Gasteiger partial charge < -0.3 is 15.8 Å². The molecular formula is C10H19N3O. The van der Waals surface area contributed by atoms with Gasteiger partial charge >= 0.3 is 0 Å². The third kappa shape index (κ3) is 2.61. The molecule has 2 fully saturated rings. The molecule has 0 radical (unpaired) electrons. The molecule has 14 heavy (non-hydrogen) atoms.